The van der Waals surface area contributed by atoms with Gasteiger partial charge in [-0.05, 0) is 29.3 Å². The molecule has 2 aliphatic rings. The lowest BCUT2D eigenvalue weighted by molar-refractivity contribution is -0.350. The number of hydrogen-bond donors (Lipinski definition) is 1. The minimum Gasteiger partial charge on any atom is -0.496 e. The molecule has 0 saturated carbocycles. The maximum atomic E-state index is 12.9. The van der Waals surface area contributed by atoms with Gasteiger partial charge in [0.1, 0.15) is 35.1 Å². The lowest BCUT2D eigenvalue weighted by Crippen LogP contribution is -2.70. The van der Waals surface area contributed by atoms with Crippen LogP contribution in [0.3, 0.4) is 0 Å². The Morgan fingerprint density at radius 2 is 1.49 bits per heavy atom. The van der Waals surface area contributed by atoms with Crippen LogP contribution < -0.4 is 4.74 Å². The lowest BCUT2D eigenvalue weighted by atomic mass is 9.79. The van der Waals surface area contributed by atoms with Crippen LogP contribution >= 0.6 is 11.8 Å². The number of thioether (sulfide) groups is 1. The summed E-state index contributed by atoms with van der Waals surface area (Å²) in [5.41, 5.74) is 0.750. The monoisotopic (exact) mass is 570 g/mol. The van der Waals surface area contributed by atoms with E-state index in [1.165, 1.54) is 11.8 Å². The van der Waals surface area contributed by atoms with Crippen molar-refractivity contribution in [2.24, 2.45) is 0 Å². The number of ether oxygens (including phenoxy) is 5. The van der Waals surface area contributed by atoms with Gasteiger partial charge >= 0.3 is 0 Å². The van der Waals surface area contributed by atoms with Crippen molar-refractivity contribution in [2.75, 3.05) is 13.7 Å². The summed E-state index contributed by atoms with van der Waals surface area (Å²) in [7, 11) is 1.64. The molecule has 2 heterocycles. The molecule has 0 aromatic heterocycles. The summed E-state index contributed by atoms with van der Waals surface area (Å²) < 4.78 is 31.7. The normalized spacial score (nSPS) is 27.6. The number of methoxy groups -OCH3 is 1. The van der Waals surface area contributed by atoms with E-state index in [0.717, 1.165) is 21.6 Å². The number of aliphatic hydroxyl groups is 1. The maximum absolute atomic E-state index is 12.9. The molecule has 4 aromatic rings. The molecule has 2 aliphatic heterocycles. The zero-order valence-electron chi connectivity index (χ0n) is 22.9. The number of para-hydroxylation sites is 1. The highest BCUT2D eigenvalue weighted by Crippen LogP contribution is 2.46. The molecule has 7 heteroatoms. The van der Waals surface area contributed by atoms with Crippen LogP contribution in [0, 0.1) is 0 Å². The standard InChI is InChI=1S/C34H34O6S/c1-36-28-20-12-11-17-26(28)21-34(35)30-29(23-38-32(40-30)25-15-7-3-8-16-25)39-33(41-27-18-9-4-10-19-27)31(34)37-22-24-13-5-2-6-14-24/h2-20,29-33,35H,21-23H2,1H3. The lowest BCUT2D eigenvalue weighted by Gasteiger charge is -2.54. The van der Waals surface area contributed by atoms with Crippen molar-refractivity contribution in [2.45, 2.75) is 53.6 Å². The molecule has 6 rings (SSSR count). The second-order valence-electron chi connectivity index (χ2n) is 10.3. The molecule has 0 radical (unpaired) electrons. The molecule has 1 N–H and O–H groups in total. The van der Waals surface area contributed by atoms with Crippen molar-refractivity contribution in [3.63, 3.8) is 0 Å². The van der Waals surface area contributed by atoms with Crippen LogP contribution in [0.15, 0.2) is 120 Å². The van der Waals surface area contributed by atoms with Crippen LogP contribution in [-0.2, 0) is 32.0 Å². The summed E-state index contributed by atoms with van der Waals surface area (Å²) in [5.74, 6) is 0.699. The average molecular weight is 571 g/mol. The van der Waals surface area contributed by atoms with E-state index in [9.17, 15) is 5.11 Å². The zero-order valence-corrected chi connectivity index (χ0v) is 23.7. The molecule has 0 amide bonds. The van der Waals surface area contributed by atoms with Gasteiger partial charge < -0.3 is 28.8 Å². The second-order valence-corrected chi connectivity index (χ2v) is 11.5. The van der Waals surface area contributed by atoms with Crippen LogP contribution in [-0.4, -0.2) is 48.2 Å². The number of hydrogen-bond acceptors (Lipinski definition) is 7. The molecule has 212 valence electrons. The molecule has 41 heavy (non-hydrogen) atoms. The van der Waals surface area contributed by atoms with E-state index in [1.54, 1.807) is 7.11 Å². The van der Waals surface area contributed by atoms with Crippen molar-refractivity contribution in [3.05, 3.63) is 132 Å². The van der Waals surface area contributed by atoms with E-state index < -0.39 is 35.6 Å². The Morgan fingerprint density at radius 3 is 2.22 bits per heavy atom. The molecule has 2 saturated heterocycles. The molecule has 6 atom stereocenters. The predicted octanol–water partition coefficient (Wildman–Crippen LogP) is 6.19. The van der Waals surface area contributed by atoms with Gasteiger partial charge in [0.25, 0.3) is 0 Å². The Morgan fingerprint density at radius 1 is 0.829 bits per heavy atom. The van der Waals surface area contributed by atoms with Crippen molar-refractivity contribution < 1.29 is 28.8 Å². The Hall–Kier alpha value is -3.17. The Bertz CT molecular complexity index is 1390. The molecule has 2 fully saturated rings. The van der Waals surface area contributed by atoms with Gasteiger partial charge in [0.15, 0.2) is 6.29 Å². The predicted molar refractivity (Wildman–Crippen MR) is 158 cm³/mol. The van der Waals surface area contributed by atoms with E-state index in [-0.39, 0.29) is 13.0 Å². The summed E-state index contributed by atoms with van der Waals surface area (Å²) in [6.07, 6.45) is -2.37. The highest BCUT2D eigenvalue weighted by molar-refractivity contribution is 7.99. The fourth-order valence-corrected chi connectivity index (χ4v) is 6.79. The SMILES string of the molecule is COc1ccccc1CC1(O)C2OC(c3ccccc3)OCC2OC(Sc2ccccc2)C1OCc1ccccc1. The van der Waals surface area contributed by atoms with Crippen LogP contribution in [0.4, 0.5) is 0 Å². The third kappa shape index (κ3) is 6.21. The topological polar surface area (TPSA) is 66.4 Å². The number of benzene rings is 4. The van der Waals surface area contributed by atoms with E-state index in [0.29, 0.717) is 12.4 Å². The quantitative estimate of drug-likeness (QED) is 0.258. The first-order valence-electron chi connectivity index (χ1n) is 13.8. The average Bonchev–Trinajstić information content (AvgIpc) is 3.02. The Balaban J connectivity index is 1.40. The van der Waals surface area contributed by atoms with Crippen LogP contribution in [0.25, 0.3) is 0 Å². The van der Waals surface area contributed by atoms with Gasteiger partial charge in [0.05, 0.1) is 20.3 Å². The van der Waals surface area contributed by atoms with Gasteiger partial charge in [-0.25, -0.2) is 0 Å². The largest absolute Gasteiger partial charge is 0.496 e. The van der Waals surface area contributed by atoms with E-state index in [2.05, 4.69) is 0 Å². The van der Waals surface area contributed by atoms with Crippen molar-refractivity contribution >= 4 is 11.8 Å². The Labute approximate surface area is 245 Å². The second kappa shape index (κ2) is 12.8. The summed E-state index contributed by atoms with van der Waals surface area (Å²) in [5, 5.41) is 12.9. The first-order valence-corrected chi connectivity index (χ1v) is 14.7. The van der Waals surface area contributed by atoms with Crippen LogP contribution in [0.5, 0.6) is 5.75 Å². The molecule has 6 unspecified atom stereocenters. The first-order chi connectivity index (χ1) is 20.1. The molecular weight excluding hydrogens is 536 g/mol. The zero-order chi connectivity index (χ0) is 28.1. The summed E-state index contributed by atoms with van der Waals surface area (Å²) in [6, 6.07) is 37.5. The van der Waals surface area contributed by atoms with Crippen LogP contribution in [0.2, 0.25) is 0 Å². The summed E-state index contributed by atoms with van der Waals surface area (Å²) >= 11 is 1.53. The molecule has 6 nitrogen and oxygen atoms in total. The van der Waals surface area contributed by atoms with Gasteiger partial charge in [-0.1, -0.05) is 109 Å². The minimum atomic E-state index is -1.48. The van der Waals surface area contributed by atoms with Gasteiger partial charge in [-0.2, -0.15) is 0 Å². The van der Waals surface area contributed by atoms with E-state index in [1.807, 2.05) is 115 Å². The van der Waals surface area contributed by atoms with Crippen molar-refractivity contribution in [3.8, 4) is 5.75 Å². The smallest absolute Gasteiger partial charge is 0.184 e. The van der Waals surface area contributed by atoms with Gasteiger partial charge in [0.2, 0.25) is 0 Å². The highest BCUT2D eigenvalue weighted by Gasteiger charge is 2.60. The Kier molecular flexibility index (Phi) is 8.72. The van der Waals surface area contributed by atoms with E-state index >= 15 is 0 Å². The fourth-order valence-electron chi connectivity index (χ4n) is 5.57. The fraction of sp³-hybridized carbons (Fsp3) is 0.294. The molecular formula is C34H34O6S. The van der Waals surface area contributed by atoms with Gasteiger partial charge in [-0.15, -0.1) is 0 Å². The molecule has 4 aromatic carbocycles. The molecule has 0 aliphatic carbocycles. The first kappa shape index (κ1) is 28.0. The minimum absolute atomic E-state index is 0.244. The number of rotatable bonds is 9. The molecule has 0 bridgehead atoms. The highest BCUT2D eigenvalue weighted by atomic mass is 32.2. The molecule has 0 spiro atoms. The third-order valence-electron chi connectivity index (χ3n) is 7.57. The summed E-state index contributed by atoms with van der Waals surface area (Å²) in [4.78, 5) is 1.02. The van der Waals surface area contributed by atoms with E-state index in [4.69, 9.17) is 23.7 Å². The third-order valence-corrected chi connectivity index (χ3v) is 8.70. The van der Waals surface area contributed by atoms with Crippen LogP contribution in [0.1, 0.15) is 23.0 Å². The maximum Gasteiger partial charge on any atom is 0.184 e. The van der Waals surface area contributed by atoms with Gasteiger partial charge in [-0.3, -0.25) is 0 Å². The van der Waals surface area contributed by atoms with Crippen molar-refractivity contribution in [1.82, 2.24) is 0 Å². The van der Waals surface area contributed by atoms with Crippen molar-refractivity contribution in [1.29, 1.82) is 0 Å². The van der Waals surface area contributed by atoms with Gasteiger partial charge in [0, 0.05) is 16.9 Å². The summed E-state index contributed by atoms with van der Waals surface area (Å²) in [6.45, 7) is 0.584. The number of fused-ring (bicyclic) bond motifs is 1.